The molecule has 1 N–H and O–H groups in total. The number of phenolic OH excluding ortho intramolecular Hbond substituents is 1. The van der Waals surface area contributed by atoms with Crippen molar-refractivity contribution in [3.63, 3.8) is 0 Å². The third kappa shape index (κ3) is 5.63. The Kier molecular flexibility index (Phi) is 7.91. The van der Waals surface area contributed by atoms with Crippen molar-refractivity contribution in [1.29, 1.82) is 0 Å². The predicted molar refractivity (Wildman–Crippen MR) is 113 cm³/mol. The van der Waals surface area contributed by atoms with Crippen LogP contribution >= 0.6 is 11.6 Å². The van der Waals surface area contributed by atoms with Crippen LogP contribution in [0.15, 0.2) is 24.3 Å². The molecule has 0 aliphatic carbocycles. The predicted octanol–water partition coefficient (Wildman–Crippen LogP) is 5.96. The SMILES string of the molecule is CCOC(=O)COc1cc(Cl)c(Cc2ccc(O)c(C(C)C)c2)c(C(C)C)c1F. The van der Waals surface area contributed by atoms with E-state index in [-0.39, 0.29) is 36.5 Å². The van der Waals surface area contributed by atoms with Crippen molar-refractivity contribution in [2.24, 2.45) is 0 Å². The Morgan fingerprint density at radius 1 is 1.17 bits per heavy atom. The Morgan fingerprint density at radius 2 is 1.86 bits per heavy atom. The van der Waals surface area contributed by atoms with Gasteiger partial charge in [0.15, 0.2) is 18.2 Å². The molecule has 2 rings (SSSR count). The fourth-order valence-electron chi connectivity index (χ4n) is 3.27. The molecular weight excluding hydrogens is 395 g/mol. The number of ether oxygens (including phenoxy) is 2. The van der Waals surface area contributed by atoms with Gasteiger partial charge in [-0.3, -0.25) is 0 Å². The largest absolute Gasteiger partial charge is 0.508 e. The highest BCUT2D eigenvalue weighted by Gasteiger charge is 2.22. The highest BCUT2D eigenvalue weighted by Crippen LogP contribution is 2.37. The van der Waals surface area contributed by atoms with E-state index in [2.05, 4.69) is 0 Å². The Morgan fingerprint density at radius 3 is 2.45 bits per heavy atom. The van der Waals surface area contributed by atoms with E-state index >= 15 is 4.39 Å². The van der Waals surface area contributed by atoms with E-state index in [0.29, 0.717) is 22.6 Å². The van der Waals surface area contributed by atoms with Crippen LogP contribution in [0.25, 0.3) is 0 Å². The molecule has 0 aliphatic rings. The van der Waals surface area contributed by atoms with Crippen LogP contribution in [-0.2, 0) is 16.0 Å². The summed E-state index contributed by atoms with van der Waals surface area (Å²) in [5, 5.41) is 10.4. The monoisotopic (exact) mass is 422 g/mol. The number of hydrogen-bond donors (Lipinski definition) is 1. The molecule has 2 aromatic rings. The lowest BCUT2D eigenvalue weighted by Gasteiger charge is -2.19. The minimum Gasteiger partial charge on any atom is -0.508 e. The van der Waals surface area contributed by atoms with Gasteiger partial charge in [0.1, 0.15) is 5.75 Å². The molecule has 0 unspecified atom stereocenters. The van der Waals surface area contributed by atoms with Crippen LogP contribution in [0.2, 0.25) is 5.02 Å². The normalized spacial score (nSPS) is 11.2. The lowest BCUT2D eigenvalue weighted by molar-refractivity contribution is -0.145. The first-order valence-corrected chi connectivity index (χ1v) is 10.1. The number of carbonyl (C=O) groups is 1. The number of carbonyl (C=O) groups excluding carboxylic acids is 1. The first-order chi connectivity index (χ1) is 13.6. The molecule has 0 saturated carbocycles. The van der Waals surface area contributed by atoms with Crippen molar-refractivity contribution in [3.8, 4) is 11.5 Å². The van der Waals surface area contributed by atoms with Crippen LogP contribution in [0.5, 0.6) is 11.5 Å². The van der Waals surface area contributed by atoms with Gasteiger partial charge in [0.2, 0.25) is 0 Å². The van der Waals surface area contributed by atoms with Gasteiger partial charge in [-0.15, -0.1) is 0 Å². The van der Waals surface area contributed by atoms with E-state index in [1.54, 1.807) is 13.0 Å². The minimum atomic E-state index is -0.566. The molecule has 158 valence electrons. The molecular formula is C23H28ClFO4. The fourth-order valence-corrected chi connectivity index (χ4v) is 3.53. The molecule has 0 saturated heterocycles. The van der Waals surface area contributed by atoms with Gasteiger partial charge < -0.3 is 14.6 Å². The topological polar surface area (TPSA) is 55.8 Å². The van der Waals surface area contributed by atoms with Gasteiger partial charge in [0, 0.05) is 11.1 Å². The van der Waals surface area contributed by atoms with Crippen molar-refractivity contribution in [2.45, 2.75) is 52.9 Å². The molecule has 0 aliphatic heterocycles. The number of esters is 1. The summed E-state index contributed by atoms with van der Waals surface area (Å²) in [6, 6.07) is 6.79. The Bertz CT molecular complexity index is 878. The number of benzene rings is 2. The molecule has 0 radical (unpaired) electrons. The van der Waals surface area contributed by atoms with Crippen molar-refractivity contribution < 1.29 is 23.8 Å². The fraction of sp³-hybridized carbons (Fsp3) is 0.435. The number of aromatic hydroxyl groups is 1. The third-order valence-electron chi connectivity index (χ3n) is 4.65. The van der Waals surface area contributed by atoms with Crippen molar-refractivity contribution in [2.75, 3.05) is 13.2 Å². The minimum absolute atomic E-state index is 0.0657. The second kappa shape index (κ2) is 9.97. The van der Waals surface area contributed by atoms with Gasteiger partial charge >= 0.3 is 5.97 Å². The van der Waals surface area contributed by atoms with Crippen LogP contribution in [-0.4, -0.2) is 24.3 Å². The summed E-state index contributed by atoms with van der Waals surface area (Å²) >= 11 is 6.50. The Balaban J connectivity index is 2.41. The quantitative estimate of drug-likeness (QED) is 0.533. The van der Waals surface area contributed by atoms with E-state index in [4.69, 9.17) is 21.1 Å². The summed E-state index contributed by atoms with van der Waals surface area (Å²) in [7, 11) is 0. The molecule has 2 aromatic carbocycles. The van der Waals surface area contributed by atoms with Gasteiger partial charge in [0.05, 0.1) is 6.61 Å². The average molecular weight is 423 g/mol. The molecule has 0 heterocycles. The average Bonchev–Trinajstić information content (AvgIpc) is 2.64. The second-order valence-corrected chi connectivity index (χ2v) is 7.94. The maximum atomic E-state index is 15.2. The van der Waals surface area contributed by atoms with E-state index < -0.39 is 11.8 Å². The zero-order valence-corrected chi connectivity index (χ0v) is 18.3. The van der Waals surface area contributed by atoms with E-state index in [1.807, 2.05) is 39.8 Å². The van der Waals surface area contributed by atoms with Crippen LogP contribution in [0.4, 0.5) is 4.39 Å². The van der Waals surface area contributed by atoms with Crippen LogP contribution in [0.3, 0.4) is 0 Å². The van der Waals surface area contributed by atoms with E-state index in [9.17, 15) is 9.90 Å². The standard InChI is InChI=1S/C23H28ClFO4/c1-6-28-21(27)12-29-20-11-18(24)17(22(14(4)5)23(20)25)10-15-7-8-19(26)16(9-15)13(2)3/h7-9,11,13-14,26H,6,10,12H2,1-5H3. The maximum Gasteiger partial charge on any atom is 0.344 e. The van der Waals surface area contributed by atoms with Crippen molar-refractivity contribution >= 4 is 17.6 Å². The van der Waals surface area contributed by atoms with Gasteiger partial charge in [-0.2, -0.15) is 0 Å². The maximum absolute atomic E-state index is 15.2. The summed E-state index contributed by atoms with van der Waals surface area (Å²) in [6.45, 7) is 9.30. The summed E-state index contributed by atoms with van der Waals surface area (Å²) in [6.07, 6.45) is 0.418. The summed E-state index contributed by atoms with van der Waals surface area (Å²) in [5.41, 5.74) is 2.88. The van der Waals surface area contributed by atoms with Crippen LogP contribution in [0.1, 0.15) is 68.7 Å². The molecule has 29 heavy (non-hydrogen) atoms. The summed E-state index contributed by atoms with van der Waals surface area (Å²) < 4.78 is 25.3. The first kappa shape index (κ1) is 23.0. The lowest BCUT2D eigenvalue weighted by atomic mass is 9.90. The van der Waals surface area contributed by atoms with Gasteiger partial charge in [-0.05, 0) is 53.5 Å². The van der Waals surface area contributed by atoms with Gasteiger partial charge in [0.25, 0.3) is 0 Å². The molecule has 0 aromatic heterocycles. The highest BCUT2D eigenvalue weighted by atomic mass is 35.5. The summed E-state index contributed by atoms with van der Waals surface area (Å²) in [4.78, 5) is 11.5. The first-order valence-electron chi connectivity index (χ1n) is 9.76. The van der Waals surface area contributed by atoms with E-state index in [0.717, 1.165) is 11.1 Å². The zero-order valence-electron chi connectivity index (χ0n) is 17.5. The Hall–Kier alpha value is -2.27. The van der Waals surface area contributed by atoms with Gasteiger partial charge in [-0.25, -0.2) is 9.18 Å². The van der Waals surface area contributed by atoms with Crippen LogP contribution < -0.4 is 4.74 Å². The molecule has 0 spiro atoms. The number of rotatable bonds is 8. The summed E-state index contributed by atoms with van der Waals surface area (Å²) in [5.74, 6) is -0.896. The number of halogens is 2. The van der Waals surface area contributed by atoms with Gasteiger partial charge in [-0.1, -0.05) is 51.4 Å². The van der Waals surface area contributed by atoms with Crippen LogP contribution in [0, 0.1) is 5.82 Å². The molecule has 6 heteroatoms. The zero-order chi connectivity index (χ0) is 21.7. The molecule has 0 atom stereocenters. The van der Waals surface area contributed by atoms with Crippen molar-refractivity contribution in [1.82, 2.24) is 0 Å². The number of hydrogen-bond acceptors (Lipinski definition) is 4. The highest BCUT2D eigenvalue weighted by molar-refractivity contribution is 6.31. The van der Waals surface area contributed by atoms with Crippen molar-refractivity contribution in [3.05, 3.63) is 57.4 Å². The molecule has 0 fully saturated rings. The lowest BCUT2D eigenvalue weighted by Crippen LogP contribution is -2.16. The van der Waals surface area contributed by atoms with E-state index in [1.165, 1.54) is 6.07 Å². The molecule has 0 amide bonds. The smallest absolute Gasteiger partial charge is 0.344 e. The second-order valence-electron chi connectivity index (χ2n) is 7.54. The number of phenols is 1. The Labute approximate surface area is 176 Å². The molecule has 0 bridgehead atoms. The molecule has 4 nitrogen and oxygen atoms in total. The third-order valence-corrected chi connectivity index (χ3v) is 4.98.